The van der Waals surface area contributed by atoms with Gasteiger partial charge in [0.1, 0.15) is 10.8 Å². The molecule has 20 heavy (non-hydrogen) atoms. The molecule has 0 fully saturated rings. The molecule has 1 aromatic carbocycles. The van der Waals surface area contributed by atoms with E-state index in [0.29, 0.717) is 16.5 Å². The monoisotopic (exact) mass is 312 g/mol. The summed E-state index contributed by atoms with van der Waals surface area (Å²) in [6, 6.07) is 6.14. The fourth-order valence-electron chi connectivity index (χ4n) is 1.53. The number of pyridine rings is 1. The standard InChI is InChI=1S/C13H10Cl2N2O3/c1-20-11-3-2-8(5-9(11)14)17-12(18)7-4-10(15)13(19)16-6-7/h2-6H,1H3,(H,16,19)(H,17,18). The number of aromatic amines is 1. The number of carbonyl (C=O) groups excluding carboxylic acids is 1. The predicted octanol–water partition coefficient (Wildman–Crippen LogP) is 2.94. The molecule has 7 heteroatoms. The Morgan fingerprint density at radius 1 is 1.25 bits per heavy atom. The van der Waals surface area contributed by atoms with Gasteiger partial charge in [0.25, 0.3) is 11.5 Å². The van der Waals surface area contributed by atoms with E-state index in [9.17, 15) is 9.59 Å². The van der Waals surface area contributed by atoms with Crippen molar-refractivity contribution in [2.75, 3.05) is 12.4 Å². The minimum atomic E-state index is -0.448. The van der Waals surface area contributed by atoms with Crippen LogP contribution in [0.2, 0.25) is 10.0 Å². The van der Waals surface area contributed by atoms with Crippen molar-refractivity contribution in [2.24, 2.45) is 0 Å². The number of halogens is 2. The minimum absolute atomic E-state index is 0.0505. The van der Waals surface area contributed by atoms with Gasteiger partial charge in [0, 0.05) is 11.9 Å². The summed E-state index contributed by atoms with van der Waals surface area (Å²) in [6.45, 7) is 0. The van der Waals surface area contributed by atoms with Crippen molar-refractivity contribution in [1.29, 1.82) is 0 Å². The topological polar surface area (TPSA) is 71.2 Å². The first-order valence-electron chi connectivity index (χ1n) is 5.54. The number of nitrogens with one attached hydrogen (secondary N) is 2. The molecule has 0 aliphatic heterocycles. The normalized spacial score (nSPS) is 10.2. The predicted molar refractivity (Wildman–Crippen MR) is 78.0 cm³/mol. The number of hydrogen-bond acceptors (Lipinski definition) is 3. The molecule has 0 bridgehead atoms. The maximum atomic E-state index is 12.0. The Labute approximate surface area is 124 Å². The minimum Gasteiger partial charge on any atom is -0.495 e. The maximum absolute atomic E-state index is 12.0. The highest BCUT2D eigenvalue weighted by Gasteiger charge is 2.09. The Morgan fingerprint density at radius 3 is 2.60 bits per heavy atom. The van der Waals surface area contributed by atoms with Gasteiger partial charge < -0.3 is 15.0 Å². The zero-order valence-electron chi connectivity index (χ0n) is 10.4. The summed E-state index contributed by atoms with van der Waals surface area (Å²) in [5.41, 5.74) is 0.292. The Hall–Kier alpha value is -1.98. The number of H-pyrrole nitrogens is 1. The van der Waals surface area contributed by atoms with Crippen LogP contribution in [-0.4, -0.2) is 18.0 Å². The fraction of sp³-hybridized carbons (Fsp3) is 0.0769. The van der Waals surface area contributed by atoms with Crippen LogP contribution in [0.3, 0.4) is 0 Å². The van der Waals surface area contributed by atoms with Crippen LogP contribution in [0, 0.1) is 0 Å². The molecular formula is C13H10Cl2N2O3. The average Bonchev–Trinajstić information content (AvgIpc) is 2.42. The van der Waals surface area contributed by atoms with E-state index in [0.717, 1.165) is 0 Å². The SMILES string of the molecule is COc1ccc(NC(=O)c2c[nH]c(=O)c(Cl)c2)cc1Cl. The number of anilines is 1. The third-order valence-corrected chi connectivity index (χ3v) is 3.11. The molecule has 0 radical (unpaired) electrons. The molecule has 0 saturated heterocycles. The van der Waals surface area contributed by atoms with Gasteiger partial charge in [-0.2, -0.15) is 0 Å². The van der Waals surface area contributed by atoms with Gasteiger partial charge in [0.05, 0.1) is 17.7 Å². The lowest BCUT2D eigenvalue weighted by Crippen LogP contribution is -2.15. The second-order valence-corrected chi connectivity index (χ2v) is 4.68. The highest BCUT2D eigenvalue weighted by atomic mass is 35.5. The summed E-state index contributed by atoms with van der Waals surface area (Å²) in [4.78, 5) is 25.5. The first-order valence-corrected chi connectivity index (χ1v) is 6.30. The Kier molecular flexibility index (Phi) is 4.32. The van der Waals surface area contributed by atoms with Crippen LogP contribution in [0.4, 0.5) is 5.69 Å². The summed E-state index contributed by atoms with van der Waals surface area (Å²) in [5, 5.41) is 2.97. The first kappa shape index (κ1) is 14.4. The summed E-state index contributed by atoms with van der Waals surface area (Å²) in [6.07, 6.45) is 1.29. The lowest BCUT2D eigenvalue weighted by atomic mass is 10.2. The van der Waals surface area contributed by atoms with E-state index in [1.54, 1.807) is 18.2 Å². The van der Waals surface area contributed by atoms with Crippen molar-refractivity contribution in [3.8, 4) is 5.75 Å². The van der Waals surface area contributed by atoms with Gasteiger partial charge in [-0.15, -0.1) is 0 Å². The molecule has 5 nitrogen and oxygen atoms in total. The Bertz CT molecular complexity index is 713. The van der Waals surface area contributed by atoms with Crippen molar-refractivity contribution < 1.29 is 9.53 Å². The van der Waals surface area contributed by atoms with Crippen LogP contribution in [0.1, 0.15) is 10.4 Å². The van der Waals surface area contributed by atoms with Gasteiger partial charge in [-0.25, -0.2) is 0 Å². The van der Waals surface area contributed by atoms with Crippen LogP contribution in [-0.2, 0) is 0 Å². The summed E-state index contributed by atoms with van der Waals surface area (Å²) >= 11 is 11.6. The summed E-state index contributed by atoms with van der Waals surface area (Å²) < 4.78 is 5.02. The van der Waals surface area contributed by atoms with Gasteiger partial charge >= 0.3 is 0 Å². The number of amides is 1. The van der Waals surface area contributed by atoms with Gasteiger partial charge in [0.15, 0.2) is 0 Å². The van der Waals surface area contributed by atoms with E-state index in [4.69, 9.17) is 27.9 Å². The number of carbonyl (C=O) groups is 1. The van der Waals surface area contributed by atoms with E-state index in [1.807, 2.05) is 0 Å². The fourth-order valence-corrected chi connectivity index (χ4v) is 1.96. The third kappa shape index (κ3) is 3.12. The number of benzene rings is 1. The van der Waals surface area contributed by atoms with Crippen molar-refractivity contribution in [3.05, 3.63) is 56.4 Å². The van der Waals surface area contributed by atoms with E-state index in [1.165, 1.54) is 19.4 Å². The quantitative estimate of drug-likeness (QED) is 0.915. The molecule has 0 aliphatic rings. The second kappa shape index (κ2) is 5.98. The highest BCUT2D eigenvalue weighted by Crippen LogP contribution is 2.27. The molecule has 1 amide bonds. The lowest BCUT2D eigenvalue weighted by Gasteiger charge is -2.08. The van der Waals surface area contributed by atoms with Crippen LogP contribution in [0.25, 0.3) is 0 Å². The van der Waals surface area contributed by atoms with Crippen molar-refractivity contribution in [2.45, 2.75) is 0 Å². The highest BCUT2D eigenvalue weighted by molar-refractivity contribution is 6.32. The maximum Gasteiger partial charge on any atom is 0.266 e. The molecule has 104 valence electrons. The molecule has 2 N–H and O–H groups in total. The number of aromatic nitrogens is 1. The Balaban J connectivity index is 2.21. The first-order chi connectivity index (χ1) is 9.51. The van der Waals surface area contributed by atoms with Crippen LogP contribution in [0.5, 0.6) is 5.75 Å². The molecule has 0 aliphatic carbocycles. The van der Waals surface area contributed by atoms with Gasteiger partial charge in [-0.1, -0.05) is 23.2 Å². The molecule has 0 spiro atoms. The summed E-state index contributed by atoms with van der Waals surface area (Å²) in [5.74, 6) is 0.0983. The molecule has 1 aromatic heterocycles. The van der Waals surface area contributed by atoms with E-state index in [2.05, 4.69) is 10.3 Å². The second-order valence-electron chi connectivity index (χ2n) is 3.87. The zero-order valence-corrected chi connectivity index (χ0v) is 11.9. The van der Waals surface area contributed by atoms with E-state index in [-0.39, 0.29) is 10.6 Å². The largest absolute Gasteiger partial charge is 0.495 e. The van der Waals surface area contributed by atoms with Gasteiger partial charge in [0.2, 0.25) is 0 Å². The van der Waals surface area contributed by atoms with Crippen LogP contribution < -0.4 is 15.6 Å². The van der Waals surface area contributed by atoms with Gasteiger partial charge in [-0.3, -0.25) is 9.59 Å². The number of rotatable bonds is 3. The molecule has 2 aromatic rings. The third-order valence-electron chi connectivity index (χ3n) is 2.53. The molecule has 1 heterocycles. The van der Waals surface area contributed by atoms with E-state index < -0.39 is 11.5 Å². The lowest BCUT2D eigenvalue weighted by molar-refractivity contribution is 0.102. The molecule has 0 saturated carbocycles. The van der Waals surface area contributed by atoms with Crippen molar-refractivity contribution >= 4 is 34.8 Å². The smallest absolute Gasteiger partial charge is 0.266 e. The van der Waals surface area contributed by atoms with E-state index >= 15 is 0 Å². The number of ether oxygens (including phenoxy) is 1. The summed E-state index contributed by atoms with van der Waals surface area (Å²) in [7, 11) is 1.50. The molecule has 0 atom stereocenters. The molecular weight excluding hydrogens is 303 g/mol. The molecule has 0 unspecified atom stereocenters. The zero-order chi connectivity index (χ0) is 14.7. The Morgan fingerprint density at radius 2 is 2.00 bits per heavy atom. The number of methoxy groups -OCH3 is 1. The number of hydrogen-bond donors (Lipinski definition) is 2. The van der Waals surface area contributed by atoms with Crippen LogP contribution in [0.15, 0.2) is 35.3 Å². The van der Waals surface area contributed by atoms with Crippen molar-refractivity contribution in [1.82, 2.24) is 4.98 Å². The van der Waals surface area contributed by atoms with Crippen molar-refractivity contribution in [3.63, 3.8) is 0 Å². The van der Waals surface area contributed by atoms with Gasteiger partial charge in [-0.05, 0) is 24.3 Å². The molecule has 2 rings (SSSR count). The average molecular weight is 313 g/mol. The van der Waals surface area contributed by atoms with Crippen LogP contribution >= 0.6 is 23.2 Å².